The Hall–Kier alpha value is -2.40. The standard InChI is InChI=1S/C19H22N4O/c1-14-4-2-3-5-17(14)15-7-10-22(11-8-15)13-16-12-19(24)23-18(21-16)6-9-20-23/h2-6,9,12,15,20H,7-8,10-11,13H2,1H3. The second-order valence-electron chi connectivity index (χ2n) is 6.65. The maximum atomic E-state index is 12.1. The van der Waals surface area contributed by atoms with Crippen LogP contribution in [0.3, 0.4) is 0 Å². The third-order valence-corrected chi connectivity index (χ3v) is 5.04. The van der Waals surface area contributed by atoms with Crippen LogP contribution in [0.15, 0.2) is 47.4 Å². The molecular weight excluding hydrogens is 300 g/mol. The molecule has 0 radical (unpaired) electrons. The van der Waals surface area contributed by atoms with Gasteiger partial charge in [-0.3, -0.25) is 14.8 Å². The molecule has 5 nitrogen and oxygen atoms in total. The highest BCUT2D eigenvalue weighted by Gasteiger charge is 2.22. The topological polar surface area (TPSA) is 53.4 Å². The molecule has 1 N–H and O–H groups in total. The highest BCUT2D eigenvalue weighted by atomic mass is 16.1. The van der Waals surface area contributed by atoms with Crippen LogP contribution in [0.5, 0.6) is 0 Å². The van der Waals surface area contributed by atoms with Gasteiger partial charge in [-0.25, -0.2) is 9.50 Å². The first kappa shape index (κ1) is 15.1. The molecule has 5 heteroatoms. The van der Waals surface area contributed by atoms with Gasteiger partial charge in [0.1, 0.15) is 0 Å². The summed E-state index contributed by atoms with van der Waals surface area (Å²) in [6.07, 6.45) is 4.06. The summed E-state index contributed by atoms with van der Waals surface area (Å²) in [5.41, 5.74) is 4.38. The molecule has 4 rings (SSSR count). The van der Waals surface area contributed by atoms with Gasteiger partial charge in [-0.15, -0.1) is 0 Å². The molecule has 0 spiro atoms. The Bertz CT molecular complexity index is 903. The molecule has 1 saturated heterocycles. The number of aromatic nitrogens is 3. The Morgan fingerprint density at radius 1 is 1.21 bits per heavy atom. The van der Waals surface area contributed by atoms with E-state index in [0.29, 0.717) is 11.6 Å². The van der Waals surface area contributed by atoms with E-state index in [1.165, 1.54) is 15.6 Å². The number of aromatic amines is 1. The van der Waals surface area contributed by atoms with Crippen LogP contribution in [0.25, 0.3) is 5.65 Å². The van der Waals surface area contributed by atoms with Crippen LogP contribution in [0.1, 0.15) is 35.6 Å². The van der Waals surface area contributed by atoms with Crippen LogP contribution in [0, 0.1) is 6.92 Å². The van der Waals surface area contributed by atoms with Crippen molar-refractivity contribution in [2.75, 3.05) is 13.1 Å². The lowest BCUT2D eigenvalue weighted by Crippen LogP contribution is -2.33. The molecule has 2 aromatic heterocycles. The van der Waals surface area contributed by atoms with E-state index in [0.717, 1.165) is 38.2 Å². The molecule has 1 fully saturated rings. The van der Waals surface area contributed by atoms with Crippen molar-refractivity contribution in [2.45, 2.75) is 32.2 Å². The summed E-state index contributed by atoms with van der Waals surface area (Å²) >= 11 is 0. The van der Waals surface area contributed by atoms with Crippen molar-refractivity contribution in [1.82, 2.24) is 19.5 Å². The number of aryl methyl sites for hydroxylation is 1. The highest BCUT2D eigenvalue weighted by Crippen LogP contribution is 2.30. The van der Waals surface area contributed by atoms with Crippen molar-refractivity contribution < 1.29 is 0 Å². The maximum absolute atomic E-state index is 12.1. The fourth-order valence-corrected chi connectivity index (χ4v) is 3.73. The van der Waals surface area contributed by atoms with E-state index in [1.807, 2.05) is 6.07 Å². The van der Waals surface area contributed by atoms with Gasteiger partial charge < -0.3 is 0 Å². The third-order valence-electron chi connectivity index (χ3n) is 5.04. The van der Waals surface area contributed by atoms with E-state index in [-0.39, 0.29) is 5.56 Å². The van der Waals surface area contributed by atoms with Gasteiger partial charge in [0.2, 0.25) is 0 Å². The predicted molar refractivity (Wildman–Crippen MR) is 94.2 cm³/mol. The molecule has 24 heavy (non-hydrogen) atoms. The molecule has 1 aliphatic rings. The number of rotatable bonds is 3. The molecule has 0 bridgehead atoms. The number of hydrogen-bond acceptors (Lipinski definition) is 3. The zero-order valence-electron chi connectivity index (χ0n) is 13.9. The molecule has 124 valence electrons. The summed E-state index contributed by atoms with van der Waals surface area (Å²) in [7, 11) is 0. The number of fused-ring (bicyclic) bond motifs is 1. The number of hydrogen-bond donors (Lipinski definition) is 1. The molecule has 0 amide bonds. The van der Waals surface area contributed by atoms with Crippen LogP contribution in [0.4, 0.5) is 0 Å². The number of likely N-dealkylation sites (tertiary alicyclic amines) is 1. The van der Waals surface area contributed by atoms with Gasteiger partial charge in [-0.2, -0.15) is 0 Å². The summed E-state index contributed by atoms with van der Waals surface area (Å²) in [4.78, 5) is 19.0. The van der Waals surface area contributed by atoms with Crippen LogP contribution in [-0.2, 0) is 6.54 Å². The molecule has 1 aromatic carbocycles. The molecule has 0 saturated carbocycles. The molecule has 0 atom stereocenters. The fourth-order valence-electron chi connectivity index (χ4n) is 3.73. The molecule has 3 heterocycles. The smallest absolute Gasteiger partial charge is 0.272 e. The van der Waals surface area contributed by atoms with Crippen LogP contribution in [-0.4, -0.2) is 32.6 Å². The highest BCUT2D eigenvalue weighted by molar-refractivity contribution is 5.36. The quantitative estimate of drug-likeness (QED) is 0.807. The predicted octanol–water partition coefficient (Wildman–Crippen LogP) is 2.71. The van der Waals surface area contributed by atoms with Crippen molar-refractivity contribution >= 4 is 5.65 Å². The minimum atomic E-state index is -0.0465. The summed E-state index contributed by atoms with van der Waals surface area (Å²) in [5, 5.41) is 2.88. The van der Waals surface area contributed by atoms with Crippen molar-refractivity contribution in [2.24, 2.45) is 0 Å². The normalized spacial score (nSPS) is 16.7. The lowest BCUT2D eigenvalue weighted by Gasteiger charge is -2.32. The van der Waals surface area contributed by atoms with E-state index < -0.39 is 0 Å². The van der Waals surface area contributed by atoms with Crippen LogP contribution in [0.2, 0.25) is 0 Å². The summed E-state index contributed by atoms with van der Waals surface area (Å²) < 4.78 is 1.47. The Morgan fingerprint density at radius 3 is 2.79 bits per heavy atom. The van der Waals surface area contributed by atoms with Crippen molar-refractivity contribution in [3.05, 3.63) is 69.8 Å². The molecule has 0 unspecified atom stereocenters. The number of piperidine rings is 1. The van der Waals surface area contributed by atoms with Gasteiger partial charge in [0.25, 0.3) is 5.56 Å². The number of H-pyrrole nitrogens is 1. The second kappa shape index (κ2) is 6.24. The molecular formula is C19H22N4O. The van der Waals surface area contributed by atoms with Gasteiger partial charge in [-0.05, 0) is 49.9 Å². The van der Waals surface area contributed by atoms with E-state index in [1.54, 1.807) is 12.3 Å². The monoisotopic (exact) mass is 322 g/mol. The van der Waals surface area contributed by atoms with Crippen molar-refractivity contribution in [3.8, 4) is 0 Å². The maximum Gasteiger partial charge on any atom is 0.272 e. The Balaban J connectivity index is 1.44. The van der Waals surface area contributed by atoms with Crippen LogP contribution >= 0.6 is 0 Å². The summed E-state index contributed by atoms with van der Waals surface area (Å²) in [5.74, 6) is 0.646. The summed E-state index contributed by atoms with van der Waals surface area (Å²) in [6.45, 7) is 5.04. The lowest BCUT2D eigenvalue weighted by molar-refractivity contribution is 0.202. The fraction of sp³-hybridized carbons (Fsp3) is 0.368. The minimum absolute atomic E-state index is 0.0465. The number of nitrogens with zero attached hydrogens (tertiary/aromatic N) is 3. The van der Waals surface area contributed by atoms with Gasteiger partial charge in [-0.1, -0.05) is 24.3 Å². The summed E-state index contributed by atoms with van der Waals surface area (Å²) in [6, 6.07) is 12.2. The van der Waals surface area contributed by atoms with E-state index in [2.05, 4.69) is 46.2 Å². The zero-order chi connectivity index (χ0) is 16.5. The third kappa shape index (κ3) is 2.87. The first-order valence-electron chi connectivity index (χ1n) is 8.54. The Kier molecular flexibility index (Phi) is 3.94. The average Bonchev–Trinajstić information content (AvgIpc) is 3.05. The largest absolute Gasteiger partial charge is 0.297 e. The number of benzene rings is 1. The Labute approximate surface area is 140 Å². The Morgan fingerprint density at radius 2 is 2.00 bits per heavy atom. The van der Waals surface area contributed by atoms with E-state index >= 15 is 0 Å². The van der Waals surface area contributed by atoms with Gasteiger partial charge in [0, 0.05) is 24.9 Å². The van der Waals surface area contributed by atoms with E-state index in [4.69, 9.17) is 0 Å². The zero-order valence-corrected chi connectivity index (χ0v) is 13.9. The van der Waals surface area contributed by atoms with Crippen LogP contribution < -0.4 is 5.56 Å². The number of nitrogens with one attached hydrogen (secondary N) is 1. The lowest BCUT2D eigenvalue weighted by atomic mass is 9.87. The second-order valence-corrected chi connectivity index (χ2v) is 6.65. The average molecular weight is 322 g/mol. The van der Waals surface area contributed by atoms with Gasteiger partial charge >= 0.3 is 0 Å². The first-order valence-corrected chi connectivity index (χ1v) is 8.54. The van der Waals surface area contributed by atoms with E-state index in [9.17, 15) is 4.79 Å². The molecule has 1 aliphatic heterocycles. The van der Waals surface area contributed by atoms with Crippen molar-refractivity contribution in [3.63, 3.8) is 0 Å². The molecule has 0 aliphatic carbocycles. The molecule has 3 aromatic rings. The van der Waals surface area contributed by atoms with Gasteiger partial charge in [0.15, 0.2) is 5.65 Å². The van der Waals surface area contributed by atoms with Crippen molar-refractivity contribution in [1.29, 1.82) is 0 Å². The first-order chi connectivity index (χ1) is 11.7. The minimum Gasteiger partial charge on any atom is -0.297 e. The van der Waals surface area contributed by atoms with Gasteiger partial charge in [0.05, 0.1) is 5.69 Å². The SMILES string of the molecule is Cc1ccccc1C1CCN(Cc2cc(=O)n3[nH]ccc3n2)CC1.